The van der Waals surface area contributed by atoms with Gasteiger partial charge < -0.3 is 0 Å². The van der Waals surface area contributed by atoms with Gasteiger partial charge in [0.05, 0.1) is 17.7 Å². The summed E-state index contributed by atoms with van der Waals surface area (Å²) in [4.78, 5) is 0. The van der Waals surface area contributed by atoms with Gasteiger partial charge in [-0.3, -0.25) is 0 Å². The van der Waals surface area contributed by atoms with E-state index in [2.05, 4.69) is 10.8 Å². The van der Waals surface area contributed by atoms with E-state index in [0.29, 0.717) is 18.7 Å². The molecule has 0 aromatic rings. The van der Waals surface area contributed by atoms with Crippen LogP contribution in [0.2, 0.25) is 0 Å². The van der Waals surface area contributed by atoms with Crippen molar-refractivity contribution < 1.29 is 8.42 Å². The molecule has 0 radical (unpaired) electrons. The Hall–Kier alpha value is -0.310. The first-order chi connectivity index (χ1) is 7.59. The zero-order valence-electron chi connectivity index (χ0n) is 9.15. The zero-order chi connectivity index (χ0) is 12.0. The molecule has 1 aliphatic rings. The van der Waals surface area contributed by atoms with Gasteiger partial charge in [-0.1, -0.05) is 6.42 Å². The third-order valence-corrected chi connectivity index (χ3v) is 4.56. The fourth-order valence-electron chi connectivity index (χ4n) is 1.93. The van der Waals surface area contributed by atoms with E-state index < -0.39 is 10.0 Å². The Morgan fingerprint density at radius 2 is 2.12 bits per heavy atom. The van der Waals surface area contributed by atoms with Crippen LogP contribution in [0.5, 0.6) is 0 Å². The second-order valence-corrected chi connectivity index (χ2v) is 6.36. The van der Waals surface area contributed by atoms with E-state index in [9.17, 15) is 8.42 Å². The standard InChI is InChI=1S/C10H17ClN2O2S/c11-6-1-2-7-16(14,15)13-10-5-3-4-9(10)8-12/h9-10,13H,1-7H2. The van der Waals surface area contributed by atoms with Crippen molar-refractivity contribution in [1.82, 2.24) is 4.72 Å². The van der Waals surface area contributed by atoms with Crippen molar-refractivity contribution in [3.05, 3.63) is 0 Å². The van der Waals surface area contributed by atoms with Crippen molar-refractivity contribution in [3.63, 3.8) is 0 Å². The van der Waals surface area contributed by atoms with Crippen LogP contribution in [0.1, 0.15) is 32.1 Å². The summed E-state index contributed by atoms with van der Waals surface area (Å²) in [7, 11) is -3.24. The van der Waals surface area contributed by atoms with Gasteiger partial charge in [0.2, 0.25) is 10.0 Å². The summed E-state index contributed by atoms with van der Waals surface area (Å²) in [5, 5.41) is 8.85. The van der Waals surface area contributed by atoms with Crippen LogP contribution in [0.3, 0.4) is 0 Å². The van der Waals surface area contributed by atoms with E-state index in [1.807, 2.05) is 0 Å². The number of nitrogens with zero attached hydrogens (tertiary/aromatic N) is 1. The molecule has 0 aromatic heterocycles. The number of sulfonamides is 1. The monoisotopic (exact) mass is 264 g/mol. The number of rotatable bonds is 6. The number of nitriles is 1. The molecule has 0 heterocycles. The Labute approximate surface area is 102 Å². The summed E-state index contributed by atoms with van der Waals surface area (Å²) in [6, 6.07) is 1.97. The second-order valence-electron chi connectivity index (χ2n) is 4.11. The second kappa shape index (κ2) is 6.43. The molecule has 0 bridgehead atoms. The summed E-state index contributed by atoms with van der Waals surface area (Å²) in [6.45, 7) is 0. The fraction of sp³-hybridized carbons (Fsp3) is 0.900. The Balaban J connectivity index is 2.43. The lowest BCUT2D eigenvalue weighted by Crippen LogP contribution is -2.38. The third-order valence-electron chi connectivity index (χ3n) is 2.81. The van der Waals surface area contributed by atoms with Gasteiger partial charge in [0, 0.05) is 11.9 Å². The average molecular weight is 265 g/mol. The highest BCUT2D eigenvalue weighted by Crippen LogP contribution is 2.25. The summed E-state index contributed by atoms with van der Waals surface area (Å²) in [6.07, 6.45) is 3.77. The lowest BCUT2D eigenvalue weighted by molar-refractivity contribution is 0.514. The van der Waals surface area contributed by atoms with Crippen molar-refractivity contribution in [2.75, 3.05) is 11.6 Å². The number of halogens is 1. The van der Waals surface area contributed by atoms with Crippen molar-refractivity contribution >= 4 is 21.6 Å². The molecule has 1 aliphatic carbocycles. The SMILES string of the molecule is N#CC1CCCC1NS(=O)(=O)CCCCCl. The first-order valence-electron chi connectivity index (χ1n) is 5.54. The number of nitrogens with one attached hydrogen (secondary N) is 1. The first kappa shape index (κ1) is 13.8. The highest BCUT2D eigenvalue weighted by Gasteiger charge is 2.30. The van der Waals surface area contributed by atoms with Gasteiger partial charge in [0.1, 0.15) is 0 Å². The summed E-state index contributed by atoms with van der Waals surface area (Å²) < 4.78 is 25.9. The largest absolute Gasteiger partial charge is 0.212 e. The molecule has 0 aromatic carbocycles. The van der Waals surface area contributed by atoms with Gasteiger partial charge in [-0.05, 0) is 25.7 Å². The predicted octanol–water partition coefficient (Wildman–Crippen LogP) is 1.62. The molecule has 0 saturated heterocycles. The number of hydrogen-bond donors (Lipinski definition) is 1. The van der Waals surface area contributed by atoms with Gasteiger partial charge >= 0.3 is 0 Å². The molecular weight excluding hydrogens is 248 g/mol. The van der Waals surface area contributed by atoms with Crippen molar-refractivity contribution in [3.8, 4) is 6.07 Å². The highest BCUT2D eigenvalue weighted by molar-refractivity contribution is 7.89. The normalized spacial score (nSPS) is 25.5. The molecule has 4 nitrogen and oxygen atoms in total. The zero-order valence-corrected chi connectivity index (χ0v) is 10.7. The summed E-state index contributed by atoms with van der Waals surface area (Å²) in [5.74, 6) is 0.427. The molecule has 1 saturated carbocycles. The van der Waals surface area contributed by atoms with E-state index in [1.54, 1.807) is 0 Å². The average Bonchev–Trinajstić information content (AvgIpc) is 2.64. The maximum absolute atomic E-state index is 11.7. The summed E-state index contributed by atoms with van der Waals surface area (Å²) in [5.41, 5.74) is 0. The molecule has 2 atom stereocenters. The Bertz CT molecular complexity index is 350. The quantitative estimate of drug-likeness (QED) is 0.585. The van der Waals surface area contributed by atoms with Gasteiger partial charge in [-0.25, -0.2) is 13.1 Å². The van der Waals surface area contributed by atoms with E-state index in [-0.39, 0.29) is 17.7 Å². The van der Waals surface area contributed by atoms with Gasteiger partial charge in [0.25, 0.3) is 0 Å². The van der Waals surface area contributed by atoms with E-state index in [0.717, 1.165) is 19.3 Å². The molecular formula is C10H17ClN2O2S. The third kappa shape index (κ3) is 4.28. The predicted molar refractivity (Wildman–Crippen MR) is 63.6 cm³/mol. The number of hydrogen-bond acceptors (Lipinski definition) is 3. The van der Waals surface area contributed by atoms with Crippen LogP contribution in [0.15, 0.2) is 0 Å². The maximum Gasteiger partial charge on any atom is 0.211 e. The van der Waals surface area contributed by atoms with Crippen molar-refractivity contribution in [2.45, 2.75) is 38.1 Å². The van der Waals surface area contributed by atoms with E-state index >= 15 is 0 Å². The minimum atomic E-state index is -3.24. The molecule has 92 valence electrons. The van der Waals surface area contributed by atoms with Crippen LogP contribution in [0.4, 0.5) is 0 Å². The molecule has 1 rings (SSSR count). The van der Waals surface area contributed by atoms with Crippen LogP contribution in [-0.2, 0) is 10.0 Å². The van der Waals surface area contributed by atoms with Crippen LogP contribution >= 0.6 is 11.6 Å². The van der Waals surface area contributed by atoms with Crippen molar-refractivity contribution in [1.29, 1.82) is 5.26 Å². The highest BCUT2D eigenvalue weighted by atomic mass is 35.5. The molecule has 1 fully saturated rings. The van der Waals surface area contributed by atoms with Crippen molar-refractivity contribution in [2.24, 2.45) is 5.92 Å². The number of unbranched alkanes of at least 4 members (excludes halogenated alkanes) is 1. The topological polar surface area (TPSA) is 70.0 Å². The Kier molecular flexibility index (Phi) is 5.53. The molecule has 2 unspecified atom stereocenters. The molecule has 0 amide bonds. The molecule has 6 heteroatoms. The van der Waals surface area contributed by atoms with Crippen LogP contribution in [0, 0.1) is 17.2 Å². The molecule has 0 spiro atoms. The summed E-state index contributed by atoms with van der Waals surface area (Å²) >= 11 is 5.49. The van der Waals surface area contributed by atoms with Crippen LogP contribution in [0.25, 0.3) is 0 Å². The lowest BCUT2D eigenvalue weighted by atomic mass is 10.1. The minimum absolute atomic E-state index is 0.106. The molecule has 0 aliphatic heterocycles. The molecule has 1 N–H and O–H groups in total. The van der Waals surface area contributed by atoms with Crippen LogP contribution in [-0.4, -0.2) is 26.1 Å². The van der Waals surface area contributed by atoms with Gasteiger partial charge in [-0.2, -0.15) is 5.26 Å². The van der Waals surface area contributed by atoms with E-state index in [1.165, 1.54) is 0 Å². The lowest BCUT2D eigenvalue weighted by Gasteiger charge is -2.15. The van der Waals surface area contributed by atoms with E-state index in [4.69, 9.17) is 16.9 Å². The Morgan fingerprint density at radius 3 is 2.75 bits per heavy atom. The van der Waals surface area contributed by atoms with Gasteiger partial charge in [-0.15, -0.1) is 11.6 Å². The first-order valence-corrected chi connectivity index (χ1v) is 7.73. The Morgan fingerprint density at radius 1 is 1.38 bits per heavy atom. The smallest absolute Gasteiger partial charge is 0.211 e. The number of alkyl halides is 1. The minimum Gasteiger partial charge on any atom is -0.212 e. The fourth-order valence-corrected chi connectivity index (χ4v) is 3.57. The van der Waals surface area contributed by atoms with Gasteiger partial charge in [0.15, 0.2) is 0 Å². The van der Waals surface area contributed by atoms with Crippen LogP contribution < -0.4 is 4.72 Å². The molecule has 16 heavy (non-hydrogen) atoms. The maximum atomic E-state index is 11.7.